The highest BCUT2D eigenvalue weighted by Gasteiger charge is 2.36. The van der Waals surface area contributed by atoms with E-state index >= 15 is 0 Å². The number of hydrogen-bond acceptors (Lipinski definition) is 6. The molecule has 2 saturated heterocycles. The Morgan fingerprint density at radius 3 is 2.61 bits per heavy atom. The summed E-state index contributed by atoms with van der Waals surface area (Å²) in [5, 5.41) is 2.76. The smallest absolute Gasteiger partial charge is 0.324 e. The van der Waals surface area contributed by atoms with Crippen molar-refractivity contribution < 1.29 is 22.6 Å². The number of carbonyl (C=O) groups is 2. The van der Waals surface area contributed by atoms with Crippen LogP contribution >= 0.6 is 0 Å². The standard InChI is InChI=1S/C27H35N5O5S/c33-26-22-10-6-13-28-25(22)32(23-11-5-9-21(24(23)29-26)19-38(35,36)37)27(34)31-16-7-8-20(18-31)12-17-30-14-3-1-2-4-15-30/h5-6,9-11,13,20H,1-4,7-8,12,14-19H2,(H,29,33)(H,35,36,37). The monoisotopic (exact) mass is 541 g/mol. The first-order valence-corrected chi connectivity index (χ1v) is 15.1. The third-order valence-electron chi connectivity index (χ3n) is 7.72. The van der Waals surface area contributed by atoms with E-state index in [-0.39, 0.29) is 28.7 Å². The van der Waals surface area contributed by atoms with Crippen molar-refractivity contribution in [2.24, 2.45) is 5.92 Å². The summed E-state index contributed by atoms with van der Waals surface area (Å²) in [6, 6.07) is 7.69. The number of carbonyl (C=O) groups excluding carboxylic acids is 2. The molecule has 2 aromatic rings. The van der Waals surface area contributed by atoms with Gasteiger partial charge in [0.1, 0.15) is 5.75 Å². The van der Waals surface area contributed by atoms with Gasteiger partial charge in [-0.25, -0.2) is 14.7 Å². The van der Waals surface area contributed by atoms with Crippen molar-refractivity contribution in [2.75, 3.05) is 42.9 Å². The fourth-order valence-corrected chi connectivity index (χ4v) is 6.45. The number of aromatic nitrogens is 1. The molecule has 2 N–H and O–H groups in total. The van der Waals surface area contributed by atoms with Gasteiger partial charge >= 0.3 is 6.03 Å². The van der Waals surface area contributed by atoms with Crippen molar-refractivity contribution in [1.82, 2.24) is 14.8 Å². The molecule has 1 unspecified atom stereocenters. The summed E-state index contributed by atoms with van der Waals surface area (Å²) in [5.74, 6) is -0.605. The predicted molar refractivity (Wildman–Crippen MR) is 145 cm³/mol. The number of nitrogens with zero attached hydrogens (tertiary/aromatic N) is 4. The number of benzene rings is 1. The molecule has 0 bridgehead atoms. The molecule has 204 valence electrons. The van der Waals surface area contributed by atoms with Crippen LogP contribution in [0.1, 0.15) is 60.9 Å². The summed E-state index contributed by atoms with van der Waals surface area (Å²) in [6.45, 7) is 4.55. The molecular weight excluding hydrogens is 506 g/mol. The van der Waals surface area contributed by atoms with Crippen molar-refractivity contribution in [2.45, 2.75) is 50.7 Å². The topological polar surface area (TPSA) is 123 Å². The first-order valence-electron chi connectivity index (χ1n) is 13.4. The summed E-state index contributed by atoms with van der Waals surface area (Å²) in [5.41, 5.74) is 0.910. The van der Waals surface area contributed by atoms with Gasteiger partial charge in [0.05, 0.1) is 16.9 Å². The summed E-state index contributed by atoms with van der Waals surface area (Å²) in [7, 11) is -4.38. The van der Waals surface area contributed by atoms with E-state index in [0.29, 0.717) is 24.7 Å². The summed E-state index contributed by atoms with van der Waals surface area (Å²) in [6.07, 6.45) is 9.64. The number of piperidine rings is 1. The first kappa shape index (κ1) is 26.6. The van der Waals surface area contributed by atoms with Crippen molar-refractivity contribution in [3.8, 4) is 0 Å². The van der Waals surface area contributed by atoms with Crippen LogP contribution in [-0.2, 0) is 15.9 Å². The van der Waals surface area contributed by atoms with Gasteiger partial charge < -0.3 is 15.1 Å². The zero-order valence-corrected chi connectivity index (χ0v) is 22.3. The average Bonchev–Trinajstić information content (AvgIpc) is 3.23. The number of urea groups is 1. The molecule has 0 radical (unpaired) electrons. The molecule has 5 rings (SSSR count). The maximum Gasteiger partial charge on any atom is 0.330 e. The average molecular weight is 542 g/mol. The van der Waals surface area contributed by atoms with Crippen molar-refractivity contribution in [3.05, 3.63) is 47.7 Å². The third kappa shape index (κ3) is 6.00. The molecule has 0 saturated carbocycles. The molecule has 10 nitrogen and oxygen atoms in total. The Labute approximate surface area is 223 Å². The normalized spacial score (nSPS) is 20.7. The Balaban J connectivity index is 1.43. The van der Waals surface area contributed by atoms with Crippen LogP contribution in [-0.4, -0.2) is 72.4 Å². The van der Waals surface area contributed by atoms with Gasteiger partial charge in [0.25, 0.3) is 16.0 Å². The minimum atomic E-state index is -4.38. The lowest BCUT2D eigenvalue weighted by Crippen LogP contribution is -2.47. The molecule has 1 aromatic carbocycles. The van der Waals surface area contributed by atoms with Crippen LogP contribution in [0.25, 0.3) is 0 Å². The lowest BCUT2D eigenvalue weighted by atomic mass is 9.94. The van der Waals surface area contributed by atoms with Gasteiger partial charge in [0, 0.05) is 19.3 Å². The molecule has 0 spiro atoms. The molecule has 3 aliphatic rings. The lowest BCUT2D eigenvalue weighted by Gasteiger charge is -2.37. The van der Waals surface area contributed by atoms with Crippen LogP contribution in [0.4, 0.5) is 22.0 Å². The van der Waals surface area contributed by atoms with Crippen LogP contribution in [0.3, 0.4) is 0 Å². The molecule has 1 aromatic heterocycles. The van der Waals surface area contributed by atoms with E-state index in [2.05, 4.69) is 15.2 Å². The van der Waals surface area contributed by atoms with E-state index < -0.39 is 21.8 Å². The van der Waals surface area contributed by atoms with Gasteiger partial charge in [-0.05, 0) is 81.4 Å². The Bertz CT molecular complexity index is 1290. The number of anilines is 3. The fourth-order valence-electron chi connectivity index (χ4n) is 5.82. The van der Waals surface area contributed by atoms with Gasteiger partial charge in [-0.3, -0.25) is 9.35 Å². The maximum absolute atomic E-state index is 14.1. The van der Waals surface area contributed by atoms with Gasteiger partial charge in [0.2, 0.25) is 0 Å². The molecule has 3 amide bonds. The van der Waals surface area contributed by atoms with E-state index in [4.69, 9.17) is 0 Å². The van der Waals surface area contributed by atoms with E-state index in [0.717, 1.165) is 38.9 Å². The van der Waals surface area contributed by atoms with Crippen molar-refractivity contribution in [3.63, 3.8) is 0 Å². The van der Waals surface area contributed by atoms with Crippen LogP contribution in [0.15, 0.2) is 36.5 Å². The van der Waals surface area contributed by atoms with Crippen molar-refractivity contribution in [1.29, 1.82) is 0 Å². The highest BCUT2D eigenvalue weighted by atomic mass is 32.2. The van der Waals surface area contributed by atoms with Crippen LogP contribution in [0.5, 0.6) is 0 Å². The molecule has 2 fully saturated rings. The Kier molecular flexibility index (Phi) is 7.96. The van der Waals surface area contributed by atoms with E-state index in [1.807, 2.05) is 4.90 Å². The largest absolute Gasteiger partial charge is 0.330 e. The van der Waals surface area contributed by atoms with Crippen LogP contribution in [0.2, 0.25) is 0 Å². The van der Waals surface area contributed by atoms with Crippen molar-refractivity contribution >= 4 is 39.2 Å². The number of nitrogens with one attached hydrogen (secondary N) is 1. The summed E-state index contributed by atoms with van der Waals surface area (Å²) in [4.78, 5) is 37.4. The van der Waals surface area contributed by atoms with E-state index in [9.17, 15) is 22.6 Å². The quantitative estimate of drug-likeness (QED) is 0.542. The minimum absolute atomic E-state index is 0.177. The maximum atomic E-state index is 14.1. The Morgan fingerprint density at radius 1 is 1.05 bits per heavy atom. The third-order valence-corrected chi connectivity index (χ3v) is 8.40. The second-order valence-electron chi connectivity index (χ2n) is 10.5. The second kappa shape index (κ2) is 11.4. The van der Waals surface area contributed by atoms with Gasteiger partial charge in [-0.2, -0.15) is 8.42 Å². The number of para-hydroxylation sites is 1. The predicted octanol–water partition coefficient (Wildman–Crippen LogP) is 4.27. The van der Waals surface area contributed by atoms with E-state index in [1.165, 1.54) is 42.8 Å². The molecule has 3 aliphatic heterocycles. The lowest BCUT2D eigenvalue weighted by molar-refractivity contribution is 0.102. The highest BCUT2D eigenvalue weighted by Crippen LogP contribution is 2.40. The first-order chi connectivity index (χ1) is 18.3. The summed E-state index contributed by atoms with van der Waals surface area (Å²) < 4.78 is 32.9. The van der Waals surface area contributed by atoms with Gasteiger partial charge in [-0.15, -0.1) is 0 Å². The molecular formula is C27H35N5O5S. The molecule has 11 heteroatoms. The van der Waals surface area contributed by atoms with Gasteiger partial charge in [-0.1, -0.05) is 25.0 Å². The zero-order chi connectivity index (χ0) is 26.7. The second-order valence-corrected chi connectivity index (χ2v) is 11.9. The number of fused-ring (bicyclic) bond motifs is 2. The van der Waals surface area contributed by atoms with Gasteiger partial charge in [0.15, 0.2) is 5.82 Å². The molecule has 4 heterocycles. The number of rotatable bonds is 5. The number of hydrogen-bond donors (Lipinski definition) is 2. The summed E-state index contributed by atoms with van der Waals surface area (Å²) >= 11 is 0. The molecule has 0 aliphatic carbocycles. The fraction of sp³-hybridized carbons (Fsp3) is 0.519. The molecule has 1 atom stereocenters. The van der Waals surface area contributed by atoms with Crippen LogP contribution in [0, 0.1) is 5.92 Å². The van der Waals surface area contributed by atoms with E-state index in [1.54, 1.807) is 24.3 Å². The highest BCUT2D eigenvalue weighted by molar-refractivity contribution is 7.85. The zero-order valence-electron chi connectivity index (χ0n) is 21.5. The van der Waals surface area contributed by atoms with Crippen LogP contribution < -0.4 is 10.2 Å². The Morgan fingerprint density at radius 2 is 1.84 bits per heavy atom. The number of likely N-dealkylation sites (tertiary alicyclic amines) is 2. The number of amides is 3. The minimum Gasteiger partial charge on any atom is -0.324 e. The Hall–Kier alpha value is -3.02. The SMILES string of the molecule is O=C1Nc2c(CS(=O)(=O)O)cccc2N(C(=O)N2CCCC(CCN3CCCCCC3)C2)c2ncccc21. The number of pyridine rings is 1. The molecule has 38 heavy (non-hydrogen) atoms.